The van der Waals surface area contributed by atoms with Gasteiger partial charge in [-0.15, -0.1) is 0 Å². The second-order valence-corrected chi connectivity index (χ2v) is 5.51. The molecule has 0 aliphatic carbocycles. The van der Waals surface area contributed by atoms with E-state index in [4.69, 9.17) is 16.3 Å². The van der Waals surface area contributed by atoms with E-state index in [2.05, 4.69) is 0 Å². The molecule has 2 aromatic carbocycles. The number of carboxylic acids is 1. The van der Waals surface area contributed by atoms with Crippen LogP contribution in [0.3, 0.4) is 0 Å². The molecule has 1 N–H and O–H groups in total. The summed E-state index contributed by atoms with van der Waals surface area (Å²) in [5.41, 5.74) is -1.39. The first-order valence-electron chi connectivity index (χ1n) is 6.65. The third-order valence-electron chi connectivity index (χ3n) is 3.35. The number of hydrogen-bond acceptors (Lipinski definition) is 3. The van der Waals surface area contributed by atoms with E-state index in [0.717, 1.165) is 0 Å². The van der Waals surface area contributed by atoms with Gasteiger partial charge in [0.05, 0.1) is 0 Å². The van der Waals surface area contributed by atoms with Gasteiger partial charge in [0.2, 0.25) is 0 Å². The van der Waals surface area contributed by atoms with Crippen LogP contribution in [0.4, 0.5) is 0 Å². The summed E-state index contributed by atoms with van der Waals surface area (Å²) in [6.45, 7) is 1.10. The number of benzene rings is 2. The van der Waals surface area contributed by atoms with Gasteiger partial charge in [-0.1, -0.05) is 29.8 Å². The van der Waals surface area contributed by atoms with Crippen LogP contribution in [0, 0.1) is 5.41 Å². The highest BCUT2D eigenvalue weighted by atomic mass is 35.5. The number of halogens is 1. The third kappa shape index (κ3) is 3.46. The summed E-state index contributed by atoms with van der Waals surface area (Å²) in [6, 6.07) is 14.9. The lowest BCUT2D eigenvalue weighted by Gasteiger charge is -2.23. The number of hydrogen-bond donors (Lipinski definition) is 1. The number of carbonyl (C=O) groups is 2. The zero-order valence-electron chi connectivity index (χ0n) is 12.0. The fraction of sp³-hybridized carbons (Fsp3) is 0.176. The van der Waals surface area contributed by atoms with Gasteiger partial charge in [0, 0.05) is 10.6 Å². The molecule has 1 atom stereocenters. The molecule has 0 fully saturated rings. The van der Waals surface area contributed by atoms with Crippen LogP contribution >= 0.6 is 11.6 Å². The average molecular weight is 319 g/mol. The second kappa shape index (κ2) is 6.62. The zero-order chi connectivity index (χ0) is 16.2. The van der Waals surface area contributed by atoms with Crippen LogP contribution in [0.2, 0.25) is 5.02 Å². The minimum Gasteiger partial charge on any atom is -0.492 e. The molecule has 0 heterocycles. The molecular weight excluding hydrogens is 304 g/mol. The fourth-order valence-corrected chi connectivity index (χ4v) is 2.01. The van der Waals surface area contributed by atoms with Crippen molar-refractivity contribution in [1.82, 2.24) is 0 Å². The highest BCUT2D eigenvalue weighted by Gasteiger charge is 2.42. The maximum Gasteiger partial charge on any atom is 0.320 e. The number of Topliss-reactive ketones (excluding diaryl/α,β-unsaturated/α-hetero) is 1. The topological polar surface area (TPSA) is 63.6 Å². The molecule has 0 saturated carbocycles. The van der Waals surface area contributed by atoms with Crippen molar-refractivity contribution < 1.29 is 19.4 Å². The van der Waals surface area contributed by atoms with E-state index in [-0.39, 0.29) is 12.2 Å². The predicted molar refractivity (Wildman–Crippen MR) is 83.5 cm³/mol. The van der Waals surface area contributed by atoms with E-state index in [1.807, 2.05) is 6.07 Å². The molecule has 0 spiro atoms. The lowest BCUT2D eigenvalue weighted by Crippen LogP contribution is -2.41. The van der Waals surface area contributed by atoms with Gasteiger partial charge in [-0.05, 0) is 43.3 Å². The highest BCUT2D eigenvalue weighted by Crippen LogP contribution is 2.26. The van der Waals surface area contributed by atoms with Crippen molar-refractivity contribution in [2.45, 2.75) is 6.92 Å². The number of carbonyl (C=O) groups excluding carboxylic acids is 1. The molecule has 5 heteroatoms. The second-order valence-electron chi connectivity index (χ2n) is 5.08. The Hall–Kier alpha value is -2.33. The van der Waals surface area contributed by atoms with E-state index in [0.29, 0.717) is 10.8 Å². The van der Waals surface area contributed by atoms with Gasteiger partial charge in [0.1, 0.15) is 12.4 Å². The van der Waals surface area contributed by atoms with E-state index in [1.165, 1.54) is 19.1 Å². The van der Waals surface area contributed by atoms with Crippen molar-refractivity contribution >= 4 is 23.4 Å². The summed E-state index contributed by atoms with van der Waals surface area (Å²) >= 11 is 5.78. The normalized spacial score (nSPS) is 13.2. The third-order valence-corrected chi connectivity index (χ3v) is 3.60. The first-order chi connectivity index (χ1) is 10.4. The van der Waals surface area contributed by atoms with E-state index in [9.17, 15) is 14.7 Å². The average Bonchev–Trinajstić information content (AvgIpc) is 2.53. The predicted octanol–water partition coefficient (Wildman–Crippen LogP) is 3.69. The van der Waals surface area contributed by atoms with E-state index in [1.54, 1.807) is 36.4 Å². The lowest BCUT2D eigenvalue weighted by atomic mass is 9.83. The molecule has 1 unspecified atom stereocenters. The van der Waals surface area contributed by atoms with Crippen molar-refractivity contribution in [3.05, 3.63) is 65.2 Å². The zero-order valence-corrected chi connectivity index (χ0v) is 12.7. The minimum atomic E-state index is -1.68. The molecule has 114 valence electrons. The maximum absolute atomic E-state index is 12.5. The number of ketones is 1. The van der Waals surface area contributed by atoms with Crippen molar-refractivity contribution in [3.8, 4) is 5.75 Å². The SMILES string of the molecule is CC(COc1ccccc1)(C(=O)O)C(=O)c1ccc(Cl)cc1. The van der Waals surface area contributed by atoms with Crippen molar-refractivity contribution in [1.29, 1.82) is 0 Å². The van der Waals surface area contributed by atoms with Gasteiger partial charge >= 0.3 is 5.97 Å². The summed E-state index contributed by atoms with van der Waals surface area (Å²) < 4.78 is 5.47. The molecule has 0 amide bonds. The fourth-order valence-electron chi connectivity index (χ4n) is 1.89. The van der Waals surface area contributed by atoms with E-state index < -0.39 is 17.2 Å². The molecule has 0 radical (unpaired) electrons. The maximum atomic E-state index is 12.5. The molecule has 22 heavy (non-hydrogen) atoms. The smallest absolute Gasteiger partial charge is 0.320 e. The van der Waals surface area contributed by atoms with Gasteiger partial charge in [-0.25, -0.2) is 0 Å². The van der Waals surface area contributed by atoms with Crippen molar-refractivity contribution in [3.63, 3.8) is 0 Å². The number of aliphatic carboxylic acids is 1. The van der Waals surface area contributed by atoms with Crippen LogP contribution in [0.5, 0.6) is 5.75 Å². The molecule has 0 aliphatic rings. The monoisotopic (exact) mass is 318 g/mol. The lowest BCUT2D eigenvalue weighted by molar-refractivity contribution is -0.146. The summed E-state index contributed by atoms with van der Waals surface area (Å²) in [7, 11) is 0. The molecule has 2 aromatic rings. The van der Waals surface area contributed by atoms with Gasteiger partial charge in [0.15, 0.2) is 11.2 Å². The van der Waals surface area contributed by atoms with Gasteiger partial charge in [-0.2, -0.15) is 0 Å². The number of rotatable bonds is 6. The molecular formula is C17H15ClO4. The van der Waals surface area contributed by atoms with Crippen molar-refractivity contribution in [2.24, 2.45) is 5.41 Å². The summed E-state index contributed by atoms with van der Waals surface area (Å²) in [6.07, 6.45) is 0. The summed E-state index contributed by atoms with van der Waals surface area (Å²) in [5, 5.41) is 9.95. The summed E-state index contributed by atoms with van der Waals surface area (Å²) in [4.78, 5) is 24.1. The molecule has 0 saturated heterocycles. The van der Waals surface area contributed by atoms with E-state index >= 15 is 0 Å². The standard InChI is InChI=1S/C17H15ClO4/c1-17(16(20)21,11-22-14-5-3-2-4-6-14)15(19)12-7-9-13(18)10-8-12/h2-10H,11H2,1H3,(H,20,21). The van der Waals surface area contributed by atoms with Crippen LogP contribution in [-0.4, -0.2) is 23.5 Å². The van der Waals surface area contributed by atoms with Gasteiger partial charge in [0.25, 0.3) is 0 Å². The molecule has 4 nitrogen and oxygen atoms in total. The van der Waals surface area contributed by atoms with Gasteiger partial charge in [-0.3, -0.25) is 9.59 Å². The largest absolute Gasteiger partial charge is 0.492 e. The molecule has 0 bridgehead atoms. The summed E-state index contributed by atoms with van der Waals surface area (Å²) in [5.74, 6) is -1.24. The highest BCUT2D eigenvalue weighted by molar-refractivity contribution is 6.30. The van der Waals surface area contributed by atoms with Gasteiger partial charge < -0.3 is 9.84 Å². The molecule has 0 aliphatic heterocycles. The van der Waals surface area contributed by atoms with Crippen LogP contribution in [0.1, 0.15) is 17.3 Å². The van der Waals surface area contributed by atoms with Crippen molar-refractivity contribution in [2.75, 3.05) is 6.61 Å². The first kappa shape index (κ1) is 16.0. The Kier molecular flexibility index (Phi) is 4.83. The number of ether oxygens (including phenoxy) is 1. The first-order valence-corrected chi connectivity index (χ1v) is 7.03. The Morgan fingerprint density at radius 2 is 1.68 bits per heavy atom. The Bertz CT molecular complexity index is 667. The Labute approximate surface area is 133 Å². The quantitative estimate of drug-likeness (QED) is 0.651. The minimum absolute atomic E-state index is 0.256. The van der Waals surface area contributed by atoms with Crippen LogP contribution in [-0.2, 0) is 4.79 Å². The number of carboxylic acid groups (broad SMARTS) is 1. The Balaban J connectivity index is 2.22. The molecule has 2 rings (SSSR count). The number of para-hydroxylation sites is 1. The van der Waals surface area contributed by atoms with Crippen LogP contribution in [0.25, 0.3) is 0 Å². The Morgan fingerprint density at radius 1 is 1.09 bits per heavy atom. The molecule has 0 aromatic heterocycles. The van der Waals surface area contributed by atoms with Crippen LogP contribution in [0.15, 0.2) is 54.6 Å². The van der Waals surface area contributed by atoms with Crippen LogP contribution < -0.4 is 4.74 Å². The Morgan fingerprint density at radius 3 is 2.23 bits per heavy atom.